The average molecular weight is 269 g/mol. The van der Waals surface area contributed by atoms with Crippen LogP contribution in [0.1, 0.15) is 19.3 Å². The van der Waals surface area contributed by atoms with Crippen molar-refractivity contribution in [1.82, 2.24) is 0 Å². The lowest BCUT2D eigenvalue weighted by molar-refractivity contribution is 0.620. The Morgan fingerprint density at radius 2 is 2.21 bits per heavy atom. The fraction of sp³-hybridized carbons (Fsp3) is 0.250. The summed E-state index contributed by atoms with van der Waals surface area (Å²) >= 11 is 6.14. The summed E-state index contributed by atoms with van der Waals surface area (Å²) in [5, 5.41) is 9.50. The number of nitrogens with zero attached hydrogens (tertiary/aromatic N) is 2. The molecule has 0 fully saturated rings. The first-order chi connectivity index (χ1) is 9.24. The average Bonchev–Trinajstić information content (AvgIpc) is 2.43. The molecular weight excluding hydrogens is 256 g/mol. The van der Waals surface area contributed by atoms with Crippen molar-refractivity contribution in [3.8, 4) is 6.07 Å². The normalized spacial score (nSPS) is 27.4. The van der Waals surface area contributed by atoms with E-state index in [1.165, 1.54) is 16.7 Å². The van der Waals surface area contributed by atoms with Crippen molar-refractivity contribution in [2.24, 2.45) is 10.4 Å². The third-order valence-corrected chi connectivity index (χ3v) is 4.05. The van der Waals surface area contributed by atoms with E-state index in [-0.39, 0.29) is 5.41 Å². The molecule has 19 heavy (non-hydrogen) atoms. The molecule has 1 unspecified atom stereocenters. The first-order valence-electron chi connectivity index (χ1n) is 6.33. The van der Waals surface area contributed by atoms with Gasteiger partial charge in [-0.05, 0) is 41.7 Å². The van der Waals surface area contributed by atoms with Crippen molar-refractivity contribution in [2.45, 2.75) is 19.3 Å². The van der Waals surface area contributed by atoms with Crippen LogP contribution in [0.4, 0.5) is 0 Å². The maximum atomic E-state index is 8.72. The molecule has 0 N–H and O–H groups in total. The number of halogens is 1. The van der Waals surface area contributed by atoms with Gasteiger partial charge in [-0.3, -0.25) is 4.99 Å². The van der Waals surface area contributed by atoms with Gasteiger partial charge in [-0.25, -0.2) is 0 Å². The summed E-state index contributed by atoms with van der Waals surface area (Å²) in [6.07, 6.45) is 16.4. The second-order valence-corrected chi connectivity index (χ2v) is 5.37. The minimum absolute atomic E-state index is 0.150. The number of nitriles is 1. The Kier molecular flexibility index (Phi) is 3.00. The monoisotopic (exact) mass is 268 g/mol. The summed E-state index contributed by atoms with van der Waals surface area (Å²) in [5.41, 5.74) is 3.46. The molecule has 2 nitrogen and oxygen atoms in total. The molecule has 0 aromatic heterocycles. The molecule has 0 bridgehead atoms. The van der Waals surface area contributed by atoms with Crippen LogP contribution in [0.15, 0.2) is 63.3 Å². The molecule has 3 aliphatic rings. The van der Waals surface area contributed by atoms with Gasteiger partial charge in [0.05, 0.1) is 11.5 Å². The molecule has 1 aliphatic heterocycles. The number of allylic oxidation sites excluding steroid dienone is 9. The van der Waals surface area contributed by atoms with E-state index in [0.29, 0.717) is 6.42 Å². The van der Waals surface area contributed by atoms with Crippen LogP contribution < -0.4 is 0 Å². The molecule has 0 amide bonds. The number of aliphatic imine (C=N–C) groups is 1. The third-order valence-electron chi connectivity index (χ3n) is 3.79. The molecule has 0 saturated carbocycles. The second-order valence-electron chi connectivity index (χ2n) is 4.94. The van der Waals surface area contributed by atoms with Crippen LogP contribution in [-0.2, 0) is 0 Å². The van der Waals surface area contributed by atoms with Gasteiger partial charge in [0.25, 0.3) is 0 Å². The Morgan fingerprint density at radius 3 is 3.05 bits per heavy atom. The summed E-state index contributed by atoms with van der Waals surface area (Å²) in [7, 11) is 0. The topological polar surface area (TPSA) is 36.1 Å². The van der Waals surface area contributed by atoms with Crippen LogP contribution in [0, 0.1) is 16.7 Å². The fourth-order valence-electron chi connectivity index (χ4n) is 2.77. The molecule has 3 rings (SSSR count). The Balaban J connectivity index is 2.06. The Hall–Kier alpha value is -1.85. The van der Waals surface area contributed by atoms with Gasteiger partial charge in [0, 0.05) is 23.9 Å². The molecule has 1 heterocycles. The Morgan fingerprint density at radius 1 is 1.32 bits per heavy atom. The zero-order valence-electron chi connectivity index (χ0n) is 10.4. The molecular formula is C16H13ClN2. The highest BCUT2D eigenvalue weighted by molar-refractivity contribution is 6.31. The molecule has 1 atom stereocenters. The molecule has 3 heteroatoms. The van der Waals surface area contributed by atoms with E-state index in [9.17, 15) is 0 Å². The first kappa shape index (κ1) is 12.2. The van der Waals surface area contributed by atoms with Gasteiger partial charge < -0.3 is 0 Å². The molecule has 1 spiro atoms. The maximum Gasteiger partial charge on any atom is 0.0625 e. The highest BCUT2D eigenvalue weighted by Gasteiger charge is 2.38. The first-order valence-corrected chi connectivity index (χ1v) is 6.71. The van der Waals surface area contributed by atoms with Crippen molar-refractivity contribution >= 4 is 17.8 Å². The summed E-state index contributed by atoms with van der Waals surface area (Å²) < 4.78 is 0. The van der Waals surface area contributed by atoms with Gasteiger partial charge in [-0.2, -0.15) is 5.26 Å². The predicted molar refractivity (Wildman–Crippen MR) is 77.7 cm³/mol. The van der Waals surface area contributed by atoms with Crippen molar-refractivity contribution < 1.29 is 0 Å². The highest BCUT2D eigenvalue weighted by Crippen LogP contribution is 2.48. The summed E-state index contributed by atoms with van der Waals surface area (Å²) in [5.74, 6) is 0. The van der Waals surface area contributed by atoms with Crippen molar-refractivity contribution in [3.63, 3.8) is 0 Å². The van der Waals surface area contributed by atoms with Gasteiger partial charge in [0.15, 0.2) is 0 Å². The van der Waals surface area contributed by atoms with Crippen LogP contribution in [0.25, 0.3) is 0 Å². The zero-order chi connectivity index (χ0) is 13.3. The van der Waals surface area contributed by atoms with Crippen LogP contribution in [-0.4, -0.2) is 6.21 Å². The molecule has 0 aromatic rings. The largest absolute Gasteiger partial charge is 0.268 e. The molecule has 0 radical (unpaired) electrons. The van der Waals surface area contributed by atoms with Crippen LogP contribution in [0.2, 0.25) is 0 Å². The standard InChI is InChI=1S/C16H13ClN2/c17-15-3-5-16-11-19-7-4-13(16)8-12(2-1-6-18)9-14(16)10-15/h3-4,7-11H,1-2,5H2. The zero-order valence-corrected chi connectivity index (χ0v) is 11.2. The van der Waals surface area contributed by atoms with E-state index in [4.69, 9.17) is 16.9 Å². The van der Waals surface area contributed by atoms with Crippen LogP contribution in [0.3, 0.4) is 0 Å². The third kappa shape index (κ3) is 2.01. The van der Waals surface area contributed by atoms with Gasteiger partial charge in [-0.1, -0.05) is 29.8 Å². The summed E-state index contributed by atoms with van der Waals surface area (Å²) in [6.45, 7) is 0. The van der Waals surface area contributed by atoms with Crippen molar-refractivity contribution in [2.75, 3.05) is 0 Å². The molecule has 2 aliphatic carbocycles. The minimum Gasteiger partial charge on any atom is -0.268 e. The predicted octanol–water partition coefficient (Wildman–Crippen LogP) is 4.19. The van der Waals surface area contributed by atoms with E-state index >= 15 is 0 Å². The maximum absolute atomic E-state index is 8.72. The van der Waals surface area contributed by atoms with Gasteiger partial charge in [0.2, 0.25) is 0 Å². The second kappa shape index (κ2) is 4.68. The lowest BCUT2D eigenvalue weighted by atomic mass is 9.66. The Bertz CT molecular complexity index is 638. The van der Waals surface area contributed by atoms with Crippen LogP contribution >= 0.6 is 11.6 Å². The van der Waals surface area contributed by atoms with E-state index < -0.39 is 0 Å². The quantitative estimate of drug-likeness (QED) is 0.739. The fourth-order valence-corrected chi connectivity index (χ4v) is 2.97. The number of rotatable bonds is 2. The molecule has 0 aromatic carbocycles. The van der Waals surface area contributed by atoms with E-state index in [1.807, 2.05) is 24.6 Å². The lowest BCUT2D eigenvalue weighted by Crippen LogP contribution is -2.31. The van der Waals surface area contributed by atoms with Gasteiger partial charge in [-0.15, -0.1) is 0 Å². The van der Waals surface area contributed by atoms with E-state index in [1.54, 1.807) is 0 Å². The summed E-state index contributed by atoms with van der Waals surface area (Å²) in [4.78, 5) is 4.31. The van der Waals surface area contributed by atoms with E-state index in [2.05, 4.69) is 29.3 Å². The van der Waals surface area contributed by atoms with Crippen LogP contribution in [0.5, 0.6) is 0 Å². The van der Waals surface area contributed by atoms with Crippen molar-refractivity contribution in [1.29, 1.82) is 5.26 Å². The van der Waals surface area contributed by atoms with Crippen molar-refractivity contribution in [3.05, 3.63) is 58.3 Å². The highest BCUT2D eigenvalue weighted by atomic mass is 35.5. The van der Waals surface area contributed by atoms with Gasteiger partial charge in [0.1, 0.15) is 0 Å². The number of hydrogen-bond donors (Lipinski definition) is 0. The lowest BCUT2D eigenvalue weighted by Gasteiger charge is -2.38. The minimum atomic E-state index is -0.150. The van der Waals surface area contributed by atoms with E-state index in [0.717, 1.165) is 17.9 Å². The van der Waals surface area contributed by atoms with Gasteiger partial charge >= 0.3 is 0 Å². The summed E-state index contributed by atoms with van der Waals surface area (Å²) in [6, 6.07) is 2.19. The SMILES string of the molecule is N#CCCC1=CC2=CC(Cl)=CCC23C=NC=CC3=C1. The Labute approximate surface area is 117 Å². The number of hydrogen-bond acceptors (Lipinski definition) is 2. The molecule has 0 saturated heterocycles. The molecule has 94 valence electrons. The smallest absolute Gasteiger partial charge is 0.0625 e.